The van der Waals surface area contributed by atoms with Gasteiger partial charge in [0, 0.05) is 32.7 Å². The van der Waals surface area contributed by atoms with Crippen molar-refractivity contribution in [3.63, 3.8) is 0 Å². The van der Waals surface area contributed by atoms with Crippen molar-refractivity contribution in [2.45, 2.75) is 83.9 Å². The van der Waals surface area contributed by atoms with E-state index in [1.54, 1.807) is 4.90 Å². The molecule has 1 saturated heterocycles. The molecule has 1 aliphatic heterocycles. The maximum absolute atomic E-state index is 13.1. The Bertz CT molecular complexity index is 985. The number of nitrogens with zero attached hydrogens (tertiary/aromatic N) is 2. The second-order valence-electron chi connectivity index (χ2n) is 11.4. The van der Waals surface area contributed by atoms with Crippen LogP contribution in [0.2, 0.25) is 0 Å². The van der Waals surface area contributed by atoms with Gasteiger partial charge in [-0.25, -0.2) is 9.59 Å². The first-order valence-corrected chi connectivity index (χ1v) is 14.6. The smallest absolute Gasteiger partial charge is 0.410 e. The Balaban J connectivity index is 1.73. The number of rotatable bonds is 12. The van der Waals surface area contributed by atoms with Gasteiger partial charge in [-0.2, -0.15) is 0 Å². The Hall–Kier alpha value is -3.06. The lowest BCUT2D eigenvalue weighted by Crippen LogP contribution is -2.53. The lowest BCUT2D eigenvalue weighted by molar-refractivity contribution is 0.00814. The van der Waals surface area contributed by atoms with Crippen molar-refractivity contribution in [3.8, 4) is 0 Å². The Labute approximate surface area is 235 Å². The third-order valence-electron chi connectivity index (χ3n) is 7.08. The molecule has 2 N–H and O–H groups in total. The first-order chi connectivity index (χ1) is 18.8. The summed E-state index contributed by atoms with van der Waals surface area (Å²) in [6, 6.07) is 20.0. The fraction of sp³-hybridized carbons (Fsp3) is 0.562. The predicted molar refractivity (Wildman–Crippen MR) is 158 cm³/mol. The minimum Gasteiger partial charge on any atom is -0.444 e. The van der Waals surface area contributed by atoms with Crippen LogP contribution in [-0.2, 0) is 4.74 Å². The Morgan fingerprint density at radius 2 is 1.38 bits per heavy atom. The quantitative estimate of drug-likeness (QED) is 0.297. The molecule has 1 aliphatic rings. The fourth-order valence-electron chi connectivity index (χ4n) is 5.08. The third-order valence-corrected chi connectivity index (χ3v) is 7.08. The molecule has 39 heavy (non-hydrogen) atoms. The zero-order valence-corrected chi connectivity index (χ0v) is 24.3. The summed E-state index contributed by atoms with van der Waals surface area (Å²) in [5.74, 6) is 0. The molecule has 1 fully saturated rings. The maximum Gasteiger partial charge on any atom is 0.410 e. The summed E-state index contributed by atoms with van der Waals surface area (Å²) in [7, 11) is 0. The van der Waals surface area contributed by atoms with Gasteiger partial charge in [0.25, 0.3) is 0 Å². The molecule has 3 rings (SSSR count). The van der Waals surface area contributed by atoms with E-state index < -0.39 is 5.60 Å². The lowest BCUT2D eigenvalue weighted by Gasteiger charge is -2.43. The van der Waals surface area contributed by atoms with Gasteiger partial charge in [-0.05, 0) is 38.3 Å². The molecule has 0 saturated carbocycles. The van der Waals surface area contributed by atoms with Gasteiger partial charge in [0.2, 0.25) is 0 Å². The van der Waals surface area contributed by atoms with Gasteiger partial charge in [0.15, 0.2) is 0 Å². The molecule has 214 valence electrons. The van der Waals surface area contributed by atoms with Gasteiger partial charge in [-0.3, -0.25) is 4.90 Å². The highest BCUT2D eigenvalue weighted by Crippen LogP contribution is 2.35. The van der Waals surface area contributed by atoms with Crippen molar-refractivity contribution < 1.29 is 14.3 Å². The molecule has 0 aromatic heterocycles. The number of amides is 3. The zero-order valence-electron chi connectivity index (χ0n) is 24.3. The van der Waals surface area contributed by atoms with Crippen LogP contribution >= 0.6 is 0 Å². The topological polar surface area (TPSA) is 73.9 Å². The van der Waals surface area contributed by atoms with Gasteiger partial charge in [-0.15, -0.1) is 0 Å². The van der Waals surface area contributed by atoms with E-state index in [0.29, 0.717) is 32.7 Å². The van der Waals surface area contributed by atoms with Crippen molar-refractivity contribution in [2.75, 3.05) is 32.7 Å². The third kappa shape index (κ3) is 10.2. The number of nitrogens with one attached hydrogen (secondary N) is 2. The summed E-state index contributed by atoms with van der Waals surface area (Å²) in [6.45, 7) is 11.1. The summed E-state index contributed by atoms with van der Waals surface area (Å²) in [4.78, 5) is 30.0. The molecule has 7 heteroatoms. The van der Waals surface area contributed by atoms with Crippen molar-refractivity contribution in [1.29, 1.82) is 0 Å². The van der Waals surface area contributed by atoms with Crippen LogP contribution in [0.25, 0.3) is 0 Å². The van der Waals surface area contributed by atoms with Crippen molar-refractivity contribution in [3.05, 3.63) is 71.8 Å². The van der Waals surface area contributed by atoms with Crippen LogP contribution in [0, 0.1) is 0 Å². The number of urea groups is 1. The first kappa shape index (κ1) is 30.5. The number of carbonyl (C=O) groups excluding carboxylic acids is 2. The number of ether oxygens (including phenoxy) is 1. The van der Waals surface area contributed by atoms with Crippen molar-refractivity contribution in [2.24, 2.45) is 0 Å². The summed E-state index contributed by atoms with van der Waals surface area (Å²) in [5.41, 5.74) is 1.66. The van der Waals surface area contributed by atoms with E-state index in [1.165, 1.54) is 25.7 Å². The van der Waals surface area contributed by atoms with Crippen LogP contribution in [0.4, 0.5) is 9.59 Å². The summed E-state index contributed by atoms with van der Waals surface area (Å²) in [5, 5.41) is 6.40. The SMILES string of the molecule is CCCCCCCCNC(=O)N[C@@H](c1ccccc1)[C@@H](c1ccccc1)N1CCN(C(=O)OC(C)(C)C)CC1. The molecule has 2 aromatic rings. The molecule has 0 aliphatic carbocycles. The number of hydrogen-bond acceptors (Lipinski definition) is 4. The molecule has 0 unspecified atom stereocenters. The second kappa shape index (κ2) is 15.5. The summed E-state index contributed by atoms with van der Waals surface area (Å²) < 4.78 is 5.60. The van der Waals surface area contributed by atoms with Crippen LogP contribution in [0.1, 0.15) is 89.4 Å². The number of hydrogen-bond donors (Lipinski definition) is 2. The standard InChI is InChI=1S/C32H48N4O3/c1-5-6-7-8-9-16-21-33-30(37)34-28(26-17-12-10-13-18-26)29(27-19-14-11-15-20-27)35-22-24-36(25-23-35)31(38)39-32(2,3)4/h10-15,17-20,28-29H,5-9,16,21-25H2,1-4H3,(H2,33,34,37)/t28-,29+/m0/s1. The molecule has 3 amide bonds. The Kier molecular flexibility index (Phi) is 12.1. The Morgan fingerprint density at radius 3 is 1.97 bits per heavy atom. The summed E-state index contributed by atoms with van der Waals surface area (Å²) in [6.07, 6.45) is 6.84. The van der Waals surface area contributed by atoms with Crippen LogP contribution in [-0.4, -0.2) is 60.2 Å². The average Bonchev–Trinajstić information content (AvgIpc) is 2.93. The largest absolute Gasteiger partial charge is 0.444 e. The monoisotopic (exact) mass is 536 g/mol. The maximum atomic E-state index is 13.1. The minimum absolute atomic E-state index is 0.0887. The highest BCUT2D eigenvalue weighted by molar-refractivity contribution is 5.74. The van der Waals surface area contributed by atoms with E-state index in [4.69, 9.17) is 4.74 Å². The molecule has 2 atom stereocenters. The average molecular weight is 537 g/mol. The highest BCUT2D eigenvalue weighted by atomic mass is 16.6. The number of benzene rings is 2. The van der Waals surface area contributed by atoms with E-state index in [1.807, 2.05) is 57.2 Å². The number of unbranched alkanes of at least 4 members (excludes halogenated alkanes) is 5. The van der Waals surface area contributed by atoms with Crippen LogP contribution in [0.15, 0.2) is 60.7 Å². The fourth-order valence-corrected chi connectivity index (χ4v) is 5.08. The minimum atomic E-state index is -0.522. The van der Waals surface area contributed by atoms with Crippen LogP contribution in [0.5, 0.6) is 0 Å². The van der Waals surface area contributed by atoms with Crippen molar-refractivity contribution in [1.82, 2.24) is 20.4 Å². The van der Waals surface area contributed by atoms with E-state index >= 15 is 0 Å². The molecule has 1 heterocycles. The van der Waals surface area contributed by atoms with E-state index in [0.717, 1.165) is 24.0 Å². The molecule has 0 spiro atoms. The van der Waals surface area contributed by atoms with Gasteiger partial charge in [0.05, 0.1) is 12.1 Å². The predicted octanol–water partition coefficient (Wildman–Crippen LogP) is 6.68. The van der Waals surface area contributed by atoms with Crippen LogP contribution < -0.4 is 10.6 Å². The van der Waals surface area contributed by atoms with Gasteiger partial charge in [-0.1, -0.05) is 99.7 Å². The Morgan fingerprint density at radius 1 is 0.821 bits per heavy atom. The lowest BCUT2D eigenvalue weighted by atomic mass is 9.91. The molecule has 7 nitrogen and oxygen atoms in total. The zero-order chi connectivity index (χ0) is 28.1. The highest BCUT2D eigenvalue weighted by Gasteiger charge is 2.35. The van der Waals surface area contributed by atoms with Gasteiger partial charge >= 0.3 is 12.1 Å². The number of piperazine rings is 1. The molecule has 0 radical (unpaired) electrons. The van der Waals surface area contributed by atoms with E-state index in [-0.39, 0.29) is 24.2 Å². The van der Waals surface area contributed by atoms with Gasteiger partial charge < -0.3 is 20.3 Å². The second-order valence-corrected chi connectivity index (χ2v) is 11.4. The number of carbonyl (C=O) groups is 2. The van der Waals surface area contributed by atoms with Crippen LogP contribution in [0.3, 0.4) is 0 Å². The van der Waals surface area contributed by atoms with E-state index in [2.05, 4.69) is 46.7 Å². The molecule has 2 aromatic carbocycles. The molecular formula is C32H48N4O3. The molecule has 0 bridgehead atoms. The normalized spacial score (nSPS) is 15.8. The molecular weight excluding hydrogens is 488 g/mol. The van der Waals surface area contributed by atoms with Gasteiger partial charge in [0.1, 0.15) is 5.60 Å². The van der Waals surface area contributed by atoms with Crippen molar-refractivity contribution >= 4 is 12.1 Å². The summed E-state index contributed by atoms with van der Waals surface area (Å²) >= 11 is 0. The van der Waals surface area contributed by atoms with E-state index in [9.17, 15) is 9.59 Å². The first-order valence-electron chi connectivity index (χ1n) is 14.6.